The largest absolute Gasteiger partial charge is 0.507 e. The van der Waals surface area contributed by atoms with Crippen molar-refractivity contribution in [3.8, 4) is 67.5 Å². The van der Waals surface area contributed by atoms with Gasteiger partial charge in [-0.1, -0.05) is 152 Å². The average molecular weight is 1070 g/mol. The summed E-state index contributed by atoms with van der Waals surface area (Å²) in [4.78, 5) is 10.3. The fourth-order valence-electron chi connectivity index (χ4n) is 9.60. The number of benzene rings is 6. The maximum absolute atomic E-state index is 11.9. The first-order valence-corrected chi connectivity index (χ1v) is 23.6. The minimum absolute atomic E-state index is 0. The molecule has 0 radical (unpaired) electrons. The van der Waals surface area contributed by atoms with Crippen LogP contribution in [-0.2, 0) is 37.3 Å². The van der Waals surface area contributed by atoms with Gasteiger partial charge in [0.2, 0.25) is 0 Å². The van der Waals surface area contributed by atoms with E-state index in [1.54, 1.807) is 18.3 Å². The van der Waals surface area contributed by atoms with Crippen LogP contribution in [-0.4, -0.2) is 19.6 Å². The molecule has 4 nitrogen and oxygen atoms in total. The molecule has 8 aromatic rings. The first-order valence-electron chi connectivity index (χ1n) is 26.6. The zero-order chi connectivity index (χ0) is 52.3. The van der Waals surface area contributed by atoms with Crippen molar-refractivity contribution < 1.29 is 34.4 Å². The SMILES string of the molecule is [2H]C([2H])([2H])c1ccc(-c2ccnc(-c3[c-]c(-c4cccc5c4nc(-c4cc(C)cc(C)c4O)n5-c4ccc(-c5c(C(C)(CC)CC)cccc5C(C)(CC)CC)cc4C([2H])([2H])[2H])cc(C(C)(C)C)c3)c2)cc1.[Pt]. The molecule has 0 unspecified atom stereocenters. The van der Waals surface area contributed by atoms with E-state index in [2.05, 4.69) is 105 Å². The van der Waals surface area contributed by atoms with E-state index in [9.17, 15) is 9.22 Å². The third kappa shape index (κ3) is 9.24. The smallest absolute Gasteiger partial charge is 0.148 e. The number of hydrogen-bond donors (Lipinski definition) is 1. The number of aromatic hydroxyl groups is 1. The van der Waals surface area contributed by atoms with Crippen LogP contribution in [0.15, 0.2) is 121 Å². The number of fused-ring (bicyclic) bond motifs is 1. The van der Waals surface area contributed by atoms with Gasteiger partial charge in [-0.25, -0.2) is 4.98 Å². The molecular weight excluding hydrogens is 998 g/mol. The minimum atomic E-state index is -2.54. The topological polar surface area (TPSA) is 50.9 Å². The first-order chi connectivity index (χ1) is 33.8. The number of aryl methyl sites for hydroxylation is 4. The van der Waals surface area contributed by atoms with E-state index in [4.69, 9.17) is 14.1 Å². The van der Waals surface area contributed by atoms with E-state index in [0.717, 1.165) is 75.8 Å². The molecule has 6 aromatic carbocycles. The van der Waals surface area contributed by atoms with E-state index >= 15 is 0 Å². The van der Waals surface area contributed by atoms with Crippen molar-refractivity contribution in [2.24, 2.45) is 0 Å². The van der Waals surface area contributed by atoms with Gasteiger partial charge in [0.1, 0.15) is 11.6 Å². The van der Waals surface area contributed by atoms with Crippen molar-refractivity contribution in [1.82, 2.24) is 14.5 Å². The molecule has 348 valence electrons. The summed E-state index contributed by atoms with van der Waals surface area (Å²) >= 11 is 0. The molecule has 0 atom stereocenters. The van der Waals surface area contributed by atoms with Gasteiger partial charge in [0, 0.05) is 41.2 Å². The maximum atomic E-state index is 11.9. The van der Waals surface area contributed by atoms with Crippen LogP contribution in [0.25, 0.3) is 72.7 Å². The Bertz CT molecular complexity index is 3280. The molecule has 0 fully saturated rings. The van der Waals surface area contributed by atoms with Crippen molar-refractivity contribution in [2.75, 3.05) is 0 Å². The van der Waals surface area contributed by atoms with Gasteiger partial charge >= 0.3 is 0 Å². The number of hydrogen-bond acceptors (Lipinski definition) is 3. The van der Waals surface area contributed by atoms with Gasteiger partial charge in [-0.3, -0.25) is 9.55 Å². The van der Waals surface area contributed by atoms with Gasteiger partial charge < -0.3 is 5.11 Å². The van der Waals surface area contributed by atoms with Crippen molar-refractivity contribution in [1.29, 1.82) is 0 Å². The molecule has 0 aliphatic carbocycles. The monoisotopic (exact) mass is 1070 g/mol. The Morgan fingerprint density at radius 1 is 0.627 bits per heavy atom. The number of aromatic nitrogens is 3. The molecule has 0 aliphatic rings. The van der Waals surface area contributed by atoms with E-state index in [1.807, 2.05) is 85.1 Å². The summed E-state index contributed by atoms with van der Waals surface area (Å²) < 4.78 is 53.2. The zero-order valence-electron chi connectivity index (χ0n) is 47.0. The predicted molar refractivity (Wildman–Crippen MR) is 280 cm³/mol. The van der Waals surface area contributed by atoms with Crippen molar-refractivity contribution >= 4 is 11.0 Å². The Kier molecular flexibility index (Phi) is 11.9. The van der Waals surface area contributed by atoms with Gasteiger partial charge in [0.25, 0.3) is 0 Å². The van der Waals surface area contributed by atoms with Crippen LogP contribution >= 0.6 is 0 Å². The van der Waals surface area contributed by atoms with Crippen molar-refractivity contribution in [3.63, 3.8) is 0 Å². The third-order valence-corrected chi connectivity index (χ3v) is 14.7. The molecular formula is C62H68N3OPt-. The normalized spacial score (nSPS) is 13.8. The first kappa shape index (κ1) is 41.6. The summed E-state index contributed by atoms with van der Waals surface area (Å²) in [5.41, 5.74) is 14.0. The van der Waals surface area contributed by atoms with Gasteiger partial charge in [0.15, 0.2) is 0 Å². The second-order valence-electron chi connectivity index (χ2n) is 19.9. The number of imidazole rings is 1. The molecule has 0 amide bonds. The van der Waals surface area contributed by atoms with Crippen LogP contribution in [0.3, 0.4) is 0 Å². The molecule has 2 heterocycles. The van der Waals surface area contributed by atoms with E-state index < -0.39 is 13.7 Å². The van der Waals surface area contributed by atoms with Crippen LogP contribution in [0.1, 0.15) is 135 Å². The Hall–Kier alpha value is -5.57. The summed E-state index contributed by atoms with van der Waals surface area (Å²) in [6.07, 6.45) is 5.47. The number of rotatable bonds is 12. The number of phenolic OH excluding ortho intramolecular Hbond substituents is 1. The molecule has 0 saturated carbocycles. The Morgan fingerprint density at radius 3 is 1.90 bits per heavy atom. The van der Waals surface area contributed by atoms with Crippen LogP contribution in [0, 0.1) is 33.6 Å². The van der Waals surface area contributed by atoms with Crippen LogP contribution in [0.4, 0.5) is 0 Å². The molecule has 0 spiro atoms. The predicted octanol–water partition coefficient (Wildman–Crippen LogP) is 16.9. The van der Waals surface area contributed by atoms with E-state index in [1.165, 1.54) is 11.1 Å². The molecule has 8 rings (SSSR count). The summed E-state index contributed by atoms with van der Waals surface area (Å²) in [5.74, 6) is 0.491. The molecule has 0 saturated heterocycles. The molecule has 2 aromatic heterocycles. The summed E-state index contributed by atoms with van der Waals surface area (Å²) in [6.45, 7) is 19.2. The molecule has 67 heavy (non-hydrogen) atoms. The molecule has 1 N–H and O–H groups in total. The fourth-order valence-corrected chi connectivity index (χ4v) is 9.60. The maximum Gasteiger partial charge on any atom is 0.148 e. The number of phenols is 1. The summed E-state index contributed by atoms with van der Waals surface area (Å²) in [6, 6.07) is 41.2. The quantitative estimate of drug-likeness (QED) is 0.124. The summed E-state index contributed by atoms with van der Waals surface area (Å²) in [7, 11) is 0. The van der Waals surface area contributed by atoms with Gasteiger partial charge in [-0.05, 0) is 150 Å². The standard InChI is InChI=1S/C62H68N3O.Pt/c1-14-61(12,15-2)51-21-19-22-52(62(13,16-3)17-4)56(51)45-28-29-54(41(7)34-45)65-55-23-18-20-49(57(55)64-59(65)50-33-40(6)32-42(8)58(50)66)46-35-47(37-48(36-46)60(9,10)11)53-38-44(30-31-63-53)43-26-24-39(5)25-27-43;/h18-34,36-38,66H,14-17H2,1-13H3;/q-1;/i5D3,7D3;. The van der Waals surface area contributed by atoms with Gasteiger partial charge in [0.05, 0.1) is 22.3 Å². The van der Waals surface area contributed by atoms with Crippen LogP contribution < -0.4 is 0 Å². The van der Waals surface area contributed by atoms with Gasteiger partial charge in [-0.2, -0.15) is 0 Å². The fraction of sp³-hybridized carbons (Fsp3) is 0.323. The van der Waals surface area contributed by atoms with Crippen molar-refractivity contribution in [2.45, 2.75) is 132 Å². The zero-order valence-corrected chi connectivity index (χ0v) is 43.3. The Labute approximate surface area is 423 Å². The Morgan fingerprint density at radius 2 is 1.27 bits per heavy atom. The number of para-hydroxylation sites is 1. The minimum Gasteiger partial charge on any atom is -0.507 e. The summed E-state index contributed by atoms with van der Waals surface area (Å²) in [5, 5.41) is 11.9. The number of nitrogens with zero attached hydrogens (tertiary/aromatic N) is 3. The second kappa shape index (κ2) is 19.2. The van der Waals surface area contributed by atoms with Crippen molar-refractivity contribution in [3.05, 3.63) is 166 Å². The van der Waals surface area contributed by atoms with E-state index in [0.29, 0.717) is 39.4 Å². The molecule has 5 heteroatoms. The third-order valence-electron chi connectivity index (χ3n) is 14.7. The Balaban J connectivity index is 0.00000780. The average Bonchev–Trinajstić information content (AvgIpc) is 3.75. The van der Waals surface area contributed by atoms with Crippen LogP contribution in [0.2, 0.25) is 0 Å². The number of pyridine rings is 1. The molecule has 0 bridgehead atoms. The van der Waals surface area contributed by atoms with Gasteiger partial charge in [-0.15, -0.1) is 29.3 Å². The van der Waals surface area contributed by atoms with Crippen LogP contribution in [0.5, 0.6) is 5.75 Å². The second-order valence-corrected chi connectivity index (χ2v) is 19.9. The molecule has 0 aliphatic heterocycles. The van der Waals surface area contributed by atoms with E-state index in [-0.39, 0.29) is 54.2 Å².